The van der Waals surface area contributed by atoms with E-state index < -0.39 is 0 Å². The van der Waals surface area contributed by atoms with Crippen molar-refractivity contribution in [2.24, 2.45) is 4.99 Å². The van der Waals surface area contributed by atoms with E-state index in [1.54, 1.807) is 0 Å². The molecule has 0 aliphatic carbocycles. The van der Waals surface area contributed by atoms with Crippen LogP contribution < -0.4 is 0 Å². The molecule has 1 heterocycles. The van der Waals surface area contributed by atoms with Crippen LogP contribution >= 0.6 is 0 Å². The first kappa shape index (κ1) is 17.0. The predicted octanol–water partition coefficient (Wildman–Crippen LogP) is 5.45. The van der Waals surface area contributed by atoms with Gasteiger partial charge in [-0.1, -0.05) is 37.6 Å². The highest BCUT2D eigenvalue weighted by molar-refractivity contribution is 5.82. The Morgan fingerprint density at radius 2 is 1.96 bits per heavy atom. The molecule has 4 nitrogen and oxygen atoms in total. The van der Waals surface area contributed by atoms with Gasteiger partial charge in [0.1, 0.15) is 0 Å². The number of oxazole rings is 1. The van der Waals surface area contributed by atoms with Crippen LogP contribution in [0.25, 0.3) is 11.5 Å². The molecule has 0 spiro atoms. The van der Waals surface area contributed by atoms with Gasteiger partial charge in [-0.15, -0.1) is 0 Å². The number of benzene rings is 2. The second kappa shape index (κ2) is 7.79. The van der Waals surface area contributed by atoms with Crippen molar-refractivity contribution in [3.8, 4) is 17.4 Å². The van der Waals surface area contributed by atoms with Gasteiger partial charge in [0.15, 0.2) is 5.69 Å². The van der Waals surface area contributed by atoms with Crippen molar-refractivity contribution in [3.05, 3.63) is 65.4 Å². The molecule has 1 aromatic heterocycles. The lowest BCUT2D eigenvalue weighted by Gasteiger charge is -2.00. The number of nitrogens with zero attached hydrogens (tertiary/aromatic N) is 2. The number of aryl methyl sites for hydroxylation is 2. The van der Waals surface area contributed by atoms with E-state index in [0.29, 0.717) is 11.6 Å². The zero-order valence-corrected chi connectivity index (χ0v) is 14.6. The number of unbranched alkanes of at least 4 members (excludes halogenated alkanes) is 1. The van der Waals surface area contributed by atoms with Gasteiger partial charge in [-0.2, -0.15) is 0 Å². The summed E-state index contributed by atoms with van der Waals surface area (Å²) in [5, 5.41) is 9.98. The molecule has 0 fully saturated rings. The number of hydrogen-bond acceptors (Lipinski definition) is 4. The summed E-state index contributed by atoms with van der Waals surface area (Å²) in [6, 6.07) is 15.9. The highest BCUT2D eigenvalue weighted by atomic mass is 16.5. The van der Waals surface area contributed by atoms with Crippen molar-refractivity contribution in [2.75, 3.05) is 0 Å². The standard InChI is InChI=1S/C21H22N2O2/c1-3-4-7-16-9-11-17(12-10-16)20-23-19(21(24)25-20)14-22-18-8-5-6-15(2)13-18/h5-6,8-14,24H,3-4,7H2,1-2H3. The van der Waals surface area contributed by atoms with Crippen LogP contribution in [0.2, 0.25) is 0 Å². The van der Waals surface area contributed by atoms with E-state index in [1.807, 2.05) is 43.3 Å². The lowest BCUT2D eigenvalue weighted by atomic mass is 10.1. The summed E-state index contributed by atoms with van der Waals surface area (Å²) in [6.45, 7) is 4.19. The fourth-order valence-corrected chi connectivity index (χ4v) is 2.57. The summed E-state index contributed by atoms with van der Waals surface area (Å²) >= 11 is 0. The Balaban J connectivity index is 1.78. The van der Waals surface area contributed by atoms with E-state index in [9.17, 15) is 5.11 Å². The number of rotatable bonds is 6. The summed E-state index contributed by atoms with van der Waals surface area (Å²) in [4.78, 5) is 8.69. The molecule has 0 saturated heterocycles. The molecule has 0 aliphatic heterocycles. The van der Waals surface area contributed by atoms with Crippen LogP contribution in [0.15, 0.2) is 57.9 Å². The molecule has 2 aromatic carbocycles. The number of aromatic hydroxyl groups is 1. The minimum absolute atomic E-state index is 0.221. The molecule has 0 atom stereocenters. The van der Waals surface area contributed by atoms with Crippen LogP contribution in [-0.2, 0) is 6.42 Å². The summed E-state index contributed by atoms with van der Waals surface area (Å²) in [7, 11) is 0. The van der Waals surface area contributed by atoms with Crippen molar-refractivity contribution in [2.45, 2.75) is 33.1 Å². The fourth-order valence-electron chi connectivity index (χ4n) is 2.57. The van der Waals surface area contributed by atoms with Crippen molar-refractivity contribution < 1.29 is 9.52 Å². The van der Waals surface area contributed by atoms with Crippen LogP contribution in [0.3, 0.4) is 0 Å². The van der Waals surface area contributed by atoms with Gasteiger partial charge in [-0.3, -0.25) is 4.99 Å². The minimum atomic E-state index is -0.221. The molecular formula is C21H22N2O2. The van der Waals surface area contributed by atoms with Gasteiger partial charge in [0.05, 0.1) is 11.9 Å². The highest BCUT2D eigenvalue weighted by Gasteiger charge is 2.12. The average molecular weight is 334 g/mol. The Morgan fingerprint density at radius 3 is 2.68 bits per heavy atom. The molecule has 3 rings (SSSR count). The maximum absolute atomic E-state index is 9.98. The summed E-state index contributed by atoms with van der Waals surface area (Å²) in [6.07, 6.45) is 4.95. The molecule has 0 unspecified atom stereocenters. The first-order valence-electron chi connectivity index (χ1n) is 8.55. The largest absolute Gasteiger partial charge is 0.479 e. The Kier molecular flexibility index (Phi) is 5.29. The van der Waals surface area contributed by atoms with Gasteiger partial charge in [0, 0.05) is 5.56 Å². The lowest BCUT2D eigenvalue weighted by Crippen LogP contribution is -1.86. The van der Waals surface area contributed by atoms with Crippen LogP contribution in [0, 0.1) is 6.92 Å². The normalized spacial score (nSPS) is 11.3. The van der Waals surface area contributed by atoms with E-state index in [-0.39, 0.29) is 5.95 Å². The Morgan fingerprint density at radius 1 is 1.16 bits per heavy atom. The maximum atomic E-state index is 9.98. The minimum Gasteiger partial charge on any atom is -0.479 e. The zero-order chi connectivity index (χ0) is 17.6. The molecule has 4 heteroatoms. The second-order valence-electron chi connectivity index (χ2n) is 6.11. The monoisotopic (exact) mass is 334 g/mol. The van der Waals surface area contributed by atoms with Gasteiger partial charge in [0.25, 0.3) is 0 Å². The van der Waals surface area contributed by atoms with Crippen LogP contribution in [0.4, 0.5) is 5.69 Å². The summed E-state index contributed by atoms with van der Waals surface area (Å²) in [5.41, 5.74) is 4.40. The molecular weight excluding hydrogens is 312 g/mol. The van der Waals surface area contributed by atoms with Gasteiger partial charge in [-0.25, -0.2) is 4.98 Å². The van der Waals surface area contributed by atoms with Crippen LogP contribution in [0.1, 0.15) is 36.6 Å². The molecule has 3 aromatic rings. The van der Waals surface area contributed by atoms with Crippen molar-refractivity contribution in [3.63, 3.8) is 0 Å². The first-order chi connectivity index (χ1) is 12.2. The molecule has 1 N–H and O–H groups in total. The third kappa shape index (κ3) is 4.35. The third-order valence-electron chi connectivity index (χ3n) is 3.99. The maximum Gasteiger partial charge on any atom is 0.312 e. The number of aliphatic imine (C=N–C) groups is 1. The Bertz CT molecular complexity index is 864. The Labute approximate surface area is 147 Å². The zero-order valence-electron chi connectivity index (χ0n) is 14.6. The smallest absolute Gasteiger partial charge is 0.312 e. The van der Waals surface area contributed by atoms with Crippen molar-refractivity contribution >= 4 is 11.9 Å². The first-order valence-corrected chi connectivity index (χ1v) is 8.55. The molecule has 0 amide bonds. The van der Waals surface area contributed by atoms with Gasteiger partial charge < -0.3 is 9.52 Å². The van der Waals surface area contributed by atoms with E-state index in [4.69, 9.17) is 4.42 Å². The van der Waals surface area contributed by atoms with E-state index >= 15 is 0 Å². The summed E-state index contributed by atoms with van der Waals surface area (Å²) < 4.78 is 5.39. The van der Waals surface area contributed by atoms with Gasteiger partial charge in [-0.05, 0) is 55.2 Å². The van der Waals surface area contributed by atoms with E-state index in [1.165, 1.54) is 24.6 Å². The van der Waals surface area contributed by atoms with Crippen LogP contribution in [0.5, 0.6) is 5.95 Å². The molecule has 0 saturated carbocycles. The SMILES string of the molecule is CCCCc1ccc(-c2nc(C=Nc3cccc(C)c3)c(O)o2)cc1. The fraction of sp³-hybridized carbons (Fsp3) is 0.238. The molecule has 25 heavy (non-hydrogen) atoms. The predicted molar refractivity (Wildman–Crippen MR) is 101 cm³/mol. The molecule has 0 bridgehead atoms. The Hall–Kier alpha value is -2.88. The summed E-state index contributed by atoms with van der Waals surface area (Å²) in [5.74, 6) is 0.173. The van der Waals surface area contributed by atoms with Gasteiger partial charge in [0.2, 0.25) is 5.89 Å². The van der Waals surface area contributed by atoms with Crippen molar-refractivity contribution in [1.82, 2.24) is 4.98 Å². The molecule has 0 aliphatic rings. The third-order valence-corrected chi connectivity index (χ3v) is 3.99. The molecule has 0 radical (unpaired) electrons. The molecule has 128 valence electrons. The van der Waals surface area contributed by atoms with E-state index in [0.717, 1.165) is 23.2 Å². The van der Waals surface area contributed by atoms with Gasteiger partial charge >= 0.3 is 5.95 Å². The van der Waals surface area contributed by atoms with Crippen LogP contribution in [-0.4, -0.2) is 16.3 Å². The van der Waals surface area contributed by atoms with Crippen molar-refractivity contribution in [1.29, 1.82) is 0 Å². The number of aromatic nitrogens is 1. The second-order valence-corrected chi connectivity index (χ2v) is 6.11. The number of hydrogen-bond donors (Lipinski definition) is 1. The quantitative estimate of drug-likeness (QED) is 0.610. The average Bonchev–Trinajstić information content (AvgIpc) is 2.99. The van der Waals surface area contributed by atoms with E-state index in [2.05, 4.69) is 29.0 Å². The topological polar surface area (TPSA) is 58.6 Å². The highest BCUT2D eigenvalue weighted by Crippen LogP contribution is 2.26. The lowest BCUT2D eigenvalue weighted by molar-refractivity contribution is 0.337.